The van der Waals surface area contributed by atoms with E-state index in [9.17, 15) is 4.39 Å². The van der Waals surface area contributed by atoms with Crippen molar-refractivity contribution in [1.82, 2.24) is 20.0 Å². The van der Waals surface area contributed by atoms with Crippen LogP contribution in [0.15, 0.2) is 54.7 Å². The number of aromatic nitrogens is 4. The Morgan fingerprint density at radius 3 is 2.67 bits per heavy atom. The number of nitrogens with zero attached hydrogens (tertiary/aromatic N) is 4. The molecule has 0 fully saturated rings. The summed E-state index contributed by atoms with van der Waals surface area (Å²) in [7, 11) is 0. The minimum Gasteiger partial charge on any atom is -0.362 e. The van der Waals surface area contributed by atoms with Crippen molar-refractivity contribution in [2.45, 2.75) is 13.0 Å². The standard InChI is InChI=1S/C15H14FN5/c1-11(17-15-9-5-8-14(16)18-15)13-10-21(20-19-13)12-6-3-2-4-7-12/h2-11H,1H3,(H,17,18). The van der Waals surface area contributed by atoms with Crippen LogP contribution in [-0.4, -0.2) is 20.0 Å². The van der Waals surface area contributed by atoms with Gasteiger partial charge in [0.15, 0.2) is 0 Å². The summed E-state index contributed by atoms with van der Waals surface area (Å²) in [5.41, 5.74) is 1.69. The van der Waals surface area contributed by atoms with E-state index in [4.69, 9.17) is 0 Å². The van der Waals surface area contributed by atoms with Crippen molar-refractivity contribution in [2.24, 2.45) is 0 Å². The molecule has 0 aliphatic heterocycles. The first kappa shape index (κ1) is 13.2. The quantitative estimate of drug-likeness (QED) is 0.748. The van der Waals surface area contributed by atoms with E-state index in [2.05, 4.69) is 20.6 Å². The average molecular weight is 283 g/mol. The summed E-state index contributed by atoms with van der Waals surface area (Å²) >= 11 is 0. The molecule has 1 N–H and O–H groups in total. The number of halogens is 1. The Bertz CT molecular complexity index is 726. The predicted octanol–water partition coefficient (Wildman–Crippen LogP) is 2.97. The van der Waals surface area contributed by atoms with Gasteiger partial charge in [0.1, 0.15) is 11.5 Å². The Morgan fingerprint density at radius 2 is 1.90 bits per heavy atom. The summed E-state index contributed by atoms with van der Waals surface area (Å²) in [6.07, 6.45) is 1.84. The number of benzene rings is 1. The number of pyridine rings is 1. The molecule has 3 rings (SSSR count). The Balaban J connectivity index is 1.77. The molecule has 1 unspecified atom stereocenters. The summed E-state index contributed by atoms with van der Waals surface area (Å²) in [5.74, 6) is -0.0445. The van der Waals surface area contributed by atoms with E-state index in [0.29, 0.717) is 5.82 Å². The lowest BCUT2D eigenvalue weighted by molar-refractivity contribution is 0.584. The molecular formula is C15H14FN5. The largest absolute Gasteiger partial charge is 0.362 e. The first-order chi connectivity index (χ1) is 10.2. The highest BCUT2D eigenvalue weighted by molar-refractivity contribution is 5.36. The molecule has 3 aromatic rings. The number of para-hydroxylation sites is 1. The van der Waals surface area contributed by atoms with Crippen LogP contribution in [0.2, 0.25) is 0 Å². The van der Waals surface area contributed by atoms with E-state index in [1.807, 2.05) is 43.5 Å². The Hall–Kier alpha value is -2.76. The molecule has 21 heavy (non-hydrogen) atoms. The summed E-state index contributed by atoms with van der Waals surface area (Å²) in [6, 6.07) is 14.2. The van der Waals surface area contributed by atoms with Gasteiger partial charge in [0.25, 0.3) is 0 Å². The fourth-order valence-corrected chi connectivity index (χ4v) is 1.97. The molecule has 0 amide bonds. The monoisotopic (exact) mass is 283 g/mol. The van der Waals surface area contributed by atoms with Crippen LogP contribution in [0.4, 0.5) is 10.2 Å². The number of rotatable bonds is 4. The maximum atomic E-state index is 13.1. The molecule has 2 heterocycles. The zero-order valence-electron chi connectivity index (χ0n) is 11.4. The van der Waals surface area contributed by atoms with Gasteiger partial charge in [-0.25, -0.2) is 9.67 Å². The van der Waals surface area contributed by atoms with E-state index >= 15 is 0 Å². The van der Waals surface area contributed by atoms with Crippen LogP contribution in [0, 0.1) is 5.95 Å². The van der Waals surface area contributed by atoms with Gasteiger partial charge in [-0.05, 0) is 31.2 Å². The lowest BCUT2D eigenvalue weighted by Crippen LogP contribution is -2.08. The topological polar surface area (TPSA) is 55.6 Å². The van der Waals surface area contributed by atoms with Crippen LogP contribution in [0.5, 0.6) is 0 Å². The number of anilines is 1. The Labute approximate surface area is 121 Å². The maximum Gasteiger partial charge on any atom is 0.214 e. The van der Waals surface area contributed by atoms with Gasteiger partial charge in [-0.1, -0.05) is 29.5 Å². The SMILES string of the molecule is CC(Nc1cccc(F)n1)c1cn(-c2ccccc2)nn1. The van der Waals surface area contributed by atoms with Crippen molar-refractivity contribution >= 4 is 5.82 Å². The van der Waals surface area contributed by atoms with Crippen molar-refractivity contribution in [2.75, 3.05) is 5.32 Å². The lowest BCUT2D eigenvalue weighted by atomic mass is 10.2. The maximum absolute atomic E-state index is 13.1. The van der Waals surface area contributed by atoms with Gasteiger partial charge in [0.2, 0.25) is 5.95 Å². The van der Waals surface area contributed by atoms with Crippen molar-refractivity contribution in [3.8, 4) is 5.69 Å². The van der Waals surface area contributed by atoms with E-state index in [1.54, 1.807) is 16.8 Å². The molecule has 106 valence electrons. The second kappa shape index (κ2) is 5.70. The summed E-state index contributed by atoms with van der Waals surface area (Å²) in [5, 5.41) is 11.3. The fraction of sp³-hybridized carbons (Fsp3) is 0.133. The van der Waals surface area contributed by atoms with Crippen LogP contribution in [0.3, 0.4) is 0 Å². The number of hydrogen-bond acceptors (Lipinski definition) is 4. The van der Waals surface area contributed by atoms with Gasteiger partial charge >= 0.3 is 0 Å². The summed E-state index contributed by atoms with van der Waals surface area (Å²) in [6.45, 7) is 1.92. The highest BCUT2D eigenvalue weighted by Gasteiger charge is 2.11. The fourth-order valence-electron chi connectivity index (χ4n) is 1.97. The average Bonchev–Trinajstić information content (AvgIpc) is 2.98. The second-order valence-electron chi connectivity index (χ2n) is 4.64. The highest BCUT2D eigenvalue weighted by Crippen LogP contribution is 2.16. The molecule has 0 saturated carbocycles. The van der Waals surface area contributed by atoms with Crippen LogP contribution in [-0.2, 0) is 0 Å². The first-order valence-electron chi connectivity index (χ1n) is 6.59. The normalized spacial score (nSPS) is 12.1. The van der Waals surface area contributed by atoms with Gasteiger partial charge in [0, 0.05) is 0 Å². The first-order valence-corrected chi connectivity index (χ1v) is 6.59. The van der Waals surface area contributed by atoms with Gasteiger partial charge in [-0.15, -0.1) is 5.10 Å². The molecular weight excluding hydrogens is 269 g/mol. The minimum absolute atomic E-state index is 0.128. The molecule has 0 spiro atoms. The van der Waals surface area contributed by atoms with Crippen molar-refractivity contribution < 1.29 is 4.39 Å². The van der Waals surface area contributed by atoms with Gasteiger partial charge < -0.3 is 5.32 Å². The van der Waals surface area contributed by atoms with Crippen LogP contribution < -0.4 is 5.32 Å². The molecule has 0 aliphatic rings. The molecule has 5 nitrogen and oxygen atoms in total. The van der Waals surface area contributed by atoms with E-state index in [0.717, 1.165) is 11.4 Å². The Kier molecular flexibility index (Phi) is 3.59. The van der Waals surface area contributed by atoms with E-state index in [-0.39, 0.29) is 6.04 Å². The molecule has 2 aromatic heterocycles. The van der Waals surface area contributed by atoms with Crippen molar-refractivity contribution in [3.05, 3.63) is 66.4 Å². The zero-order chi connectivity index (χ0) is 14.7. The smallest absolute Gasteiger partial charge is 0.214 e. The third kappa shape index (κ3) is 3.05. The lowest BCUT2D eigenvalue weighted by Gasteiger charge is -2.11. The van der Waals surface area contributed by atoms with Crippen molar-refractivity contribution in [1.29, 1.82) is 0 Å². The predicted molar refractivity (Wildman–Crippen MR) is 77.6 cm³/mol. The van der Waals surface area contributed by atoms with Crippen LogP contribution >= 0.6 is 0 Å². The molecule has 0 radical (unpaired) electrons. The molecule has 0 saturated heterocycles. The molecule has 0 bridgehead atoms. The zero-order valence-corrected chi connectivity index (χ0v) is 11.4. The summed E-state index contributed by atoms with van der Waals surface area (Å²) < 4.78 is 14.8. The van der Waals surface area contributed by atoms with Crippen molar-refractivity contribution in [3.63, 3.8) is 0 Å². The number of hydrogen-bond donors (Lipinski definition) is 1. The van der Waals surface area contributed by atoms with Crippen LogP contribution in [0.1, 0.15) is 18.7 Å². The molecule has 1 atom stereocenters. The van der Waals surface area contributed by atoms with Crippen LogP contribution in [0.25, 0.3) is 5.69 Å². The molecule has 0 aliphatic carbocycles. The van der Waals surface area contributed by atoms with E-state index in [1.165, 1.54) is 6.07 Å². The van der Waals surface area contributed by atoms with E-state index < -0.39 is 5.95 Å². The molecule has 6 heteroatoms. The third-order valence-corrected chi connectivity index (χ3v) is 3.05. The van der Waals surface area contributed by atoms with Gasteiger partial charge in [-0.2, -0.15) is 4.39 Å². The highest BCUT2D eigenvalue weighted by atomic mass is 19.1. The minimum atomic E-state index is -0.514. The second-order valence-corrected chi connectivity index (χ2v) is 4.64. The molecule has 1 aromatic carbocycles. The van der Waals surface area contributed by atoms with Gasteiger partial charge in [-0.3, -0.25) is 0 Å². The Morgan fingerprint density at radius 1 is 1.10 bits per heavy atom. The van der Waals surface area contributed by atoms with Gasteiger partial charge in [0.05, 0.1) is 17.9 Å². The summed E-state index contributed by atoms with van der Waals surface area (Å²) in [4.78, 5) is 3.77. The third-order valence-electron chi connectivity index (χ3n) is 3.05. The number of nitrogens with one attached hydrogen (secondary N) is 1.